The van der Waals surface area contributed by atoms with Gasteiger partial charge >= 0.3 is 18.2 Å². The van der Waals surface area contributed by atoms with E-state index in [1.165, 1.54) is 29.4 Å². The maximum Gasteiger partial charge on any atom is 0.416 e. The number of hydrogen-bond acceptors (Lipinski definition) is 8. The van der Waals surface area contributed by atoms with Gasteiger partial charge in [-0.2, -0.15) is 13.2 Å². The number of carbonyl (C=O) groups excluding carboxylic acids is 1. The van der Waals surface area contributed by atoms with Crippen LogP contribution < -0.4 is 19.9 Å². The molecule has 0 saturated carbocycles. The van der Waals surface area contributed by atoms with E-state index in [0.717, 1.165) is 25.1 Å². The number of piperidine rings is 1. The molecule has 2 bridgehead atoms. The summed E-state index contributed by atoms with van der Waals surface area (Å²) in [6.45, 7) is 0.615. The number of nitrogens with zero attached hydrogens (tertiary/aromatic N) is 5. The van der Waals surface area contributed by atoms with Gasteiger partial charge in [-0.25, -0.2) is 19.7 Å². The van der Waals surface area contributed by atoms with Gasteiger partial charge in [0.25, 0.3) is 0 Å². The Hall–Kier alpha value is -3.68. The van der Waals surface area contributed by atoms with Crippen LogP contribution in [0.2, 0.25) is 5.02 Å². The molecule has 14 heteroatoms. The summed E-state index contributed by atoms with van der Waals surface area (Å²) in [5.41, 5.74) is 0.365. The zero-order valence-electron chi connectivity index (χ0n) is 20.4. The van der Waals surface area contributed by atoms with Crippen LogP contribution in [0, 0.1) is 0 Å². The van der Waals surface area contributed by atoms with Crippen LogP contribution in [0.15, 0.2) is 42.7 Å². The summed E-state index contributed by atoms with van der Waals surface area (Å²) >= 11 is 6.52. The lowest BCUT2D eigenvalue weighted by Gasteiger charge is -2.46. The van der Waals surface area contributed by atoms with Crippen LogP contribution >= 0.6 is 11.6 Å². The van der Waals surface area contributed by atoms with E-state index in [2.05, 4.69) is 25.2 Å². The standard InChI is InChI=1S/C25H24ClF3N6O4/c26-19-8-20-22(33-21(19)14-3-1-4-15(7-14)25(27,28)29)35(17-5-2-6-34(20)11-17)24(38)32-16-9-30-23(31-10-16)39-13-18(37)12-36/h1,3-4,7-10,17-18,36-37H,2,5-6,11-13H2,(H,32,38)/t17-,18+/m0/s1. The number of aliphatic hydroxyl groups is 2. The molecule has 3 aromatic rings. The number of amides is 2. The molecular weight excluding hydrogens is 541 g/mol. The van der Waals surface area contributed by atoms with Crippen molar-refractivity contribution in [1.82, 2.24) is 15.0 Å². The normalized spacial score (nSPS) is 17.4. The molecule has 2 aliphatic heterocycles. The van der Waals surface area contributed by atoms with E-state index in [1.807, 2.05) is 0 Å². The Kier molecular flexibility index (Phi) is 7.47. The topological polar surface area (TPSA) is 124 Å². The number of alkyl halides is 3. The first-order chi connectivity index (χ1) is 18.6. The fourth-order valence-corrected chi connectivity index (χ4v) is 4.86. The van der Waals surface area contributed by atoms with Gasteiger partial charge in [0.05, 0.1) is 52.7 Å². The number of hydrogen-bond donors (Lipinski definition) is 3. The number of ether oxygens (including phenoxy) is 1. The van der Waals surface area contributed by atoms with E-state index >= 15 is 0 Å². The quantitative estimate of drug-likeness (QED) is 0.411. The molecule has 39 heavy (non-hydrogen) atoms. The average molecular weight is 565 g/mol. The number of carbonyl (C=O) groups is 1. The van der Waals surface area contributed by atoms with Gasteiger partial charge in [-0.3, -0.25) is 4.90 Å². The second-order valence-corrected chi connectivity index (χ2v) is 9.59. The molecule has 1 aromatic carbocycles. The number of nitrogens with one attached hydrogen (secondary N) is 1. The Morgan fingerprint density at radius 2 is 2.03 bits per heavy atom. The molecule has 2 aromatic heterocycles. The molecule has 5 rings (SSSR count). The van der Waals surface area contributed by atoms with Gasteiger partial charge in [0, 0.05) is 18.7 Å². The summed E-state index contributed by atoms with van der Waals surface area (Å²) in [7, 11) is 0. The Labute approximate surface area is 226 Å². The fourth-order valence-electron chi connectivity index (χ4n) is 4.61. The number of rotatable bonds is 6. The minimum Gasteiger partial charge on any atom is -0.461 e. The minimum atomic E-state index is -4.54. The highest BCUT2D eigenvalue weighted by molar-refractivity contribution is 6.33. The molecule has 4 heterocycles. The van der Waals surface area contributed by atoms with Crippen LogP contribution in [-0.2, 0) is 6.18 Å². The molecule has 206 valence electrons. The third-order valence-corrected chi connectivity index (χ3v) is 6.73. The Morgan fingerprint density at radius 1 is 1.26 bits per heavy atom. The second-order valence-electron chi connectivity index (χ2n) is 9.18. The van der Waals surface area contributed by atoms with E-state index in [1.54, 1.807) is 6.07 Å². The van der Waals surface area contributed by atoms with Crippen molar-refractivity contribution in [3.8, 4) is 17.3 Å². The van der Waals surface area contributed by atoms with Crippen LogP contribution in [0.25, 0.3) is 11.3 Å². The predicted octanol–water partition coefficient (Wildman–Crippen LogP) is 3.96. The molecular formula is C25H24ClF3N6O4. The summed E-state index contributed by atoms with van der Waals surface area (Å²) in [5.74, 6) is 0.291. The number of aliphatic hydroxyl groups excluding tert-OH is 2. The highest BCUT2D eigenvalue weighted by atomic mass is 35.5. The third-order valence-electron chi connectivity index (χ3n) is 6.44. The summed E-state index contributed by atoms with van der Waals surface area (Å²) in [6, 6.07) is 5.58. The predicted molar refractivity (Wildman–Crippen MR) is 137 cm³/mol. The minimum absolute atomic E-state index is 0.0474. The summed E-state index contributed by atoms with van der Waals surface area (Å²) in [6.07, 6.45) is -1.42. The first-order valence-corrected chi connectivity index (χ1v) is 12.5. The van der Waals surface area contributed by atoms with Crippen LogP contribution in [0.1, 0.15) is 18.4 Å². The van der Waals surface area contributed by atoms with Crippen LogP contribution in [0.3, 0.4) is 0 Å². The Morgan fingerprint density at radius 3 is 2.74 bits per heavy atom. The highest BCUT2D eigenvalue weighted by Crippen LogP contribution is 2.43. The molecule has 3 N–H and O–H groups in total. The van der Waals surface area contributed by atoms with Gasteiger partial charge < -0.3 is 25.2 Å². The van der Waals surface area contributed by atoms with Gasteiger partial charge in [0.2, 0.25) is 0 Å². The van der Waals surface area contributed by atoms with E-state index in [9.17, 15) is 23.1 Å². The van der Waals surface area contributed by atoms with Crippen molar-refractivity contribution >= 4 is 34.8 Å². The van der Waals surface area contributed by atoms with Gasteiger partial charge in [-0.1, -0.05) is 23.7 Å². The molecule has 2 amide bonds. The van der Waals surface area contributed by atoms with Crippen molar-refractivity contribution < 1.29 is 32.9 Å². The molecule has 2 aliphatic rings. The zero-order chi connectivity index (χ0) is 27.7. The van der Waals surface area contributed by atoms with E-state index < -0.39 is 30.5 Å². The lowest BCUT2D eigenvalue weighted by Crippen LogP contribution is -2.56. The Balaban J connectivity index is 1.45. The monoisotopic (exact) mass is 564 g/mol. The molecule has 2 atom stereocenters. The molecule has 0 spiro atoms. The number of halogens is 4. The van der Waals surface area contributed by atoms with Crippen molar-refractivity contribution in [1.29, 1.82) is 0 Å². The van der Waals surface area contributed by atoms with Gasteiger partial charge in [0.15, 0.2) is 5.82 Å². The van der Waals surface area contributed by atoms with Gasteiger partial charge in [-0.15, -0.1) is 0 Å². The van der Waals surface area contributed by atoms with Crippen molar-refractivity contribution in [2.45, 2.75) is 31.2 Å². The number of aromatic nitrogens is 3. The van der Waals surface area contributed by atoms with E-state index in [-0.39, 0.29) is 40.6 Å². The zero-order valence-corrected chi connectivity index (χ0v) is 21.2. The van der Waals surface area contributed by atoms with Crippen molar-refractivity contribution in [2.75, 3.05) is 41.4 Å². The smallest absolute Gasteiger partial charge is 0.416 e. The van der Waals surface area contributed by atoms with Crippen molar-refractivity contribution in [3.05, 3.63) is 53.3 Å². The van der Waals surface area contributed by atoms with Crippen molar-refractivity contribution in [2.24, 2.45) is 0 Å². The lowest BCUT2D eigenvalue weighted by atomic mass is 9.99. The van der Waals surface area contributed by atoms with E-state index in [0.29, 0.717) is 24.5 Å². The van der Waals surface area contributed by atoms with E-state index in [4.69, 9.17) is 21.4 Å². The van der Waals surface area contributed by atoms with Gasteiger partial charge in [-0.05, 0) is 31.0 Å². The summed E-state index contributed by atoms with van der Waals surface area (Å²) in [4.78, 5) is 29.7. The fraction of sp³-hybridized carbons (Fsp3) is 0.360. The lowest BCUT2D eigenvalue weighted by molar-refractivity contribution is -0.137. The molecule has 1 fully saturated rings. The molecule has 0 aliphatic carbocycles. The molecule has 1 saturated heterocycles. The van der Waals surface area contributed by atoms with Crippen molar-refractivity contribution in [3.63, 3.8) is 0 Å². The SMILES string of the molecule is O=C(Nc1cnc(OC[C@H](O)CO)nc1)N1c2nc(-c3cccc(C(F)(F)F)c3)c(Cl)cc2N2CCC[C@H]1C2. The number of anilines is 3. The number of fused-ring (bicyclic) bond motifs is 4. The molecule has 0 radical (unpaired) electrons. The maximum absolute atomic E-state index is 13.5. The van der Waals surface area contributed by atoms with Crippen LogP contribution in [0.4, 0.5) is 35.2 Å². The number of benzene rings is 1. The third kappa shape index (κ3) is 5.70. The maximum atomic E-state index is 13.5. The first kappa shape index (κ1) is 26.9. The largest absolute Gasteiger partial charge is 0.461 e. The van der Waals surface area contributed by atoms with Gasteiger partial charge in [0.1, 0.15) is 12.7 Å². The number of urea groups is 1. The first-order valence-electron chi connectivity index (χ1n) is 12.1. The number of pyridine rings is 1. The summed E-state index contributed by atoms with van der Waals surface area (Å²) < 4.78 is 45.2. The molecule has 0 unspecified atom stereocenters. The molecule has 10 nitrogen and oxygen atoms in total. The van der Waals surface area contributed by atoms with Crippen LogP contribution in [-0.4, -0.2) is 69.6 Å². The second kappa shape index (κ2) is 10.8. The average Bonchev–Trinajstić information content (AvgIpc) is 2.92. The summed E-state index contributed by atoms with van der Waals surface area (Å²) in [5, 5.41) is 21.2. The van der Waals surface area contributed by atoms with Crippen LogP contribution in [0.5, 0.6) is 6.01 Å². The highest BCUT2D eigenvalue weighted by Gasteiger charge is 2.39. The Bertz CT molecular complexity index is 1360.